The average molecular weight is 357 g/mol. The lowest BCUT2D eigenvalue weighted by Gasteiger charge is -2.02. The van der Waals surface area contributed by atoms with Crippen molar-refractivity contribution in [1.29, 1.82) is 0 Å². The molecule has 0 bridgehead atoms. The Labute approximate surface area is 104 Å². The van der Waals surface area contributed by atoms with Crippen LogP contribution < -0.4 is 0 Å². The number of halogens is 2. The lowest BCUT2D eigenvalue weighted by Crippen LogP contribution is -2.03. The van der Waals surface area contributed by atoms with E-state index in [9.17, 15) is 22.9 Å². The molecule has 8 heteroatoms. The molecule has 1 aromatic carbocycles. The molecule has 0 heterocycles. The van der Waals surface area contributed by atoms with Gasteiger partial charge < -0.3 is 0 Å². The van der Waals surface area contributed by atoms with Gasteiger partial charge in [-0.3, -0.25) is 10.1 Å². The van der Waals surface area contributed by atoms with E-state index in [2.05, 4.69) is 6.58 Å². The molecule has 0 saturated heterocycles. The van der Waals surface area contributed by atoms with Gasteiger partial charge in [0.25, 0.3) is 5.69 Å². The molecular weight excluding hydrogens is 352 g/mol. The smallest absolute Gasteiger partial charge is 0.258 e. The molecular formula is C8H5FINO4S. The van der Waals surface area contributed by atoms with Crippen molar-refractivity contribution in [1.82, 2.24) is 0 Å². The average Bonchev–Trinajstić information content (AvgIpc) is 2.21. The highest BCUT2D eigenvalue weighted by atomic mass is 127. The Morgan fingerprint density at radius 1 is 1.50 bits per heavy atom. The topological polar surface area (TPSA) is 77.3 Å². The lowest BCUT2D eigenvalue weighted by molar-refractivity contribution is -0.388. The Hall–Kier alpha value is -1.03. The van der Waals surface area contributed by atoms with Crippen molar-refractivity contribution in [2.75, 3.05) is 0 Å². The fraction of sp³-hybridized carbons (Fsp3) is 0. The van der Waals surface area contributed by atoms with Crippen molar-refractivity contribution in [3.63, 3.8) is 0 Å². The number of rotatable bonds is 3. The second-order valence-electron chi connectivity index (χ2n) is 2.70. The third-order valence-corrected chi connectivity index (χ3v) is 3.93. The molecule has 0 aliphatic heterocycles. The number of nitrogens with zero attached hydrogens (tertiary/aromatic N) is 1. The Bertz CT molecular complexity index is 570. The third kappa shape index (κ3) is 2.38. The molecule has 0 spiro atoms. The van der Waals surface area contributed by atoms with E-state index in [4.69, 9.17) is 0 Å². The van der Waals surface area contributed by atoms with Gasteiger partial charge in [-0.2, -0.15) is 0 Å². The molecule has 5 nitrogen and oxygen atoms in total. The summed E-state index contributed by atoms with van der Waals surface area (Å²) in [5.74, 6) is -0.827. The first-order valence-corrected chi connectivity index (χ1v) is 6.43. The van der Waals surface area contributed by atoms with Crippen LogP contribution in [0.4, 0.5) is 10.1 Å². The maximum Gasteiger partial charge on any atom is 0.289 e. The van der Waals surface area contributed by atoms with Gasteiger partial charge in [0.2, 0.25) is 9.84 Å². The second kappa shape index (κ2) is 4.45. The summed E-state index contributed by atoms with van der Waals surface area (Å²) in [5.41, 5.74) is -0.661. The molecule has 86 valence electrons. The minimum atomic E-state index is -4.03. The lowest BCUT2D eigenvalue weighted by atomic mass is 10.3. The Balaban J connectivity index is 3.68. The highest BCUT2D eigenvalue weighted by molar-refractivity contribution is 14.1. The summed E-state index contributed by atoms with van der Waals surface area (Å²) in [6.07, 6.45) is 0. The predicted octanol–water partition coefficient (Wildman–Crippen LogP) is 2.26. The zero-order chi connectivity index (χ0) is 12.5. The summed E-state index contributed by atoms with van der Waals surface area (Å²) < 4.78 is 35.9. The molecule has 0 aliphatic rings. The molecule has 0 unspecified atom stereocenters. The van der Waals surface area contributed by atoms with Gasteiger partial charge in [0, 0.05) is 17.5 Å². The number of benzene rings is 1. The molecule has 0 N–H and O–H groups in total. The highest BCUT2D eigenvalue weighted by Gasteiger charge is 2.25. The molecule has 16 heavy (non-hydrogen) atoms. The quantitative estimate of drug-likeness (QED) is 0.472. The third-order valence-electron chi connectivity index (χ3n) is 1.72. The summed E-state index contributed by atoms with van der Waals surface area (Å²) in [4.78, 5) is 9.06. The maximum atomic E-state index is 13.2. The van der Waals surface area contributed by atoms with Crippen LogP contribution in [0.1, 0.15) is 0 Å². The Morgan fingerprint density at radius 3 is 2.50 bits per heavy atom. The van der Waals surface area contributed by atoms with Crippen LogP contribution in [-0.4, -0.2) is 13.3 Å². The summed E-state index contributed by atoms with van der Waals surface area (Å²) >= 11 is 1.54. The molecule has 0 saturated carbocycles. The van der Waals surface area contributed by atoms with Gasteiger partial charge in [-0.1, -0.05) is 6.58 Å². The van der Waals surface area contributed by atoms with Crippen molar-refractivity contribution in [3.05, 3.63) is 43.6 Å². The van der Waals surface area contributed by atoms with Crippen LogP contribution in [0.3, 0.4) is 0 Å². The van der Waals surface area contributed by atoms with Crippen LogP contribution in [0.2, 0.25) is 0 Å². The van der Waals surface area contributed by atoms with Gasteiger partial charge in [-0.15, -0.1) is 0 Å². The van der Waals surface area contributed by atoms with Crippen molar-refractivity contribution in [3.8, 4) is 0 Å². The number of hydrogen-bond donors (Lipinski definition) is 0. The highest BCUT2D eigenvalue weighted by Crippen LogP contribution is 2.28. The van der Waals surface area contributed by atoms with Gasteiger partial charge in [0.05, 0.1) is 8.49 Å². The monoisotopic (exact) mass is 357 g/mol. The zero-order valence-corrected chi connectivity index (χ0v) is 10.7. The van der Waals surface area contributed by atoms with Gasteiger partial charge in [0.15, 0.2) is 4.90 Å². The van der Waals surface area contributed by atoms with Crippen LogP contribution in [-0.2, 0) is 9.84 Å². The van der Waals surface area contributed by atoms with Crippen molar-refractivity contribution < 1.29 is 17.7 Å². The molecule has 0 aromatic heterocycles. The van der Waals surface area contributed by atoms with Crippen LogP contribution in [0.25, 0.3) is 0 Å². The predicted molar refractivity (Wildman–Crippen MR) is 63.2 cm³/mol. The molecule has 1 rings (SSSR count). The van der Waals surface area contributed by atoms with Crippen molar-refractivity contribution in [2.24, 2.45) is 0 Å². The second-order valence-corrected chi connectivity index (χ2v) is 5.73. The SMILES string of the molecule is C=CS(=O)(=O)c1cc(F)c(I)cc1[N+](=O)[O-]. The van der Waals surface area contributed by atoms with E-state index in [-0.39, 0.29) is 3.57 Å². The summed E-state index contributed by atoms with van der Waals surface area (Å²) in [6.45, 7) is 3.03. The van der Waals surface area contributed by atoms with E-state index in [1.54, 1.807) is 22.6 Å². The zero-order valence-electron chi connectivity index (χ0n) is 7.68. The van der Waals surface area contributed by atoms with E-state index in [1.807, 2.05) is 0 Å². The molecule has 1 aromatic rings. The fourth-order valence-corrected chi connectivity index (χ4v) is 2.30. The van der Waals surface area contributed by atoms with E-state index in [1.165, 1.54) is 0 Å². The number of sulfone groups is 1. The van der Waals surface area contributed by atoms with E-state index < -0.39 is 31.2 Å². The maximum absolute atomic E-state index is 13.2. The van der Waals surface area contributed by atoms with Crippen LogP contribution >= 0.6 is 22.6 Å². The molecule has 0 atom stereocenters. The summed E-state index contributed by atoms with van der Waals surface area (Å²) in [6, 6.07) is 1.49. The first-order valence-electron chi connectivity index (χ1n) is 3.80. The molecule has 0 radical (unpaired) electrons. The van der Waals surface area contributed by atoms with Gasteiger partial charge in [-0.25, -0.2) is 12.8 Å². The number of hydrogen-bond acceptors (Lipinski definition) is 4. The Morgan fingerprint density at radius 2 is 2.06 bits per heavy atom. The van der Waals surface area contributed by atoms with Crippen LogP contribution in [0.5, 0.6) is 0 Å². The minimum Gasteiger partial charge on any atom is -0.258 e. The van der Waals surface area contributed by atoms with Gasteiger partial charge in [-0.05, 0) is 22.6 Å². The fourth-order valence-electron chi connectivity index (χ4n) is 0.978. The number of nitro benzene ring substituents is 1. The van der Waals surface area contributed by atoms with Crippen LogP contribution in [0.15, 0.2) is 29.0 Å². The largest absolute Gasteiger partial charge is 0.289 e. The van der Waals surface area contributed by atoms with Gasteiger partial charge >= 0.3 is 0 Å². The number of nitro groups is 1. The van der Waals surface area contributed by atoms with E-state index >= 15 is 0 Å². The first-order chi connectivity index (χ1) is 7.29. The van der Waals surface area contributed by atoms with E-state index in [0.29, 0.717) is 11.5 Å². The minimum absolute atomic E-state index is 0.0210. The summed E-state index contributed by atoms with van der Waals surface area (Å²) in [5, 5.41) is 11.2. The van der Waals surface area contributed by atoms with Gasteiger partial charge in [0.1, 0.15) is 5.82 Å². The molecule has 0 aliphatic carbocycles. The van der Waals surface area contributed by atoms with Crippen molar-refractivity contribution in [2.45, 2.75) is 4.90 Å². The van der Waals surface area contributed by atoms with Crippen molar-refractivity contribution >= 4 is 38.1 Å². The molecule has 0 fully saturated rings. The first kappa shape index (κ1) is 13.0. The Kier molecular flexibility index (Phi) is 3.63. The normalized spacial score (nSPS) is 11.1. The van der Waals surface area contributed by atoms with E-state index in [0.717, 1.165) is 6.07 Å². The van der Waals surface area contributed by atoms with Crippen LogP contribution in [0, 0.1) is 19.5 Å². The summed E-state index contributed by atoms with van der Waals surface area (Å²) in [7, 11) is -4.03. The standard InChI is InChI=1S/C8H5FINO4S/c1-2-16(14,15)8-3-5(9)6(10)4-7(8)11(12)13/h2-4H,1H2. The molecule has 0 amide bonds.